The number of hydrogen-bond donors (Lipinski definition) is 1. The molecule has 3 heterocycles. The third-order valence-electron chi connectivity index (χ3n) is 5.59. The van der Waals surface area contributed by atoms with Crippen molar-refractivity contribution < 1.29 is 19.0 Å². The first kappa shape index (κ1) is 20.5. The number of carbonyl (C=O) groups is 1. The van der Waals surface area contributed by atoms with E-state index in [9.17, 15) is 9.59 Å². The average molecular weight is 431 g/mol. The van der Waals surface area contributed by atoms with Gasteiger partial charge in [0.05, 0.1) is 31.2 Å². The first-order valence-electron chi connectivity index (χ1n) is 9.78. The van der Waals surface area contributed by atoms with Gasteiger partial charge in [-0.1, -0.05) is 23.7 Å². The fourth-order valence-corrected chi connectivity index (χ4v) is 4.23. The van der Waals surface area contributed by atoms with Gasteiger partial charge in [-0.25, -0.2) is 4.79 Å². The number of pyridine rings is 1. The molecule has 1 fully saturated rings. The van der Waals surface area contributed by atoms with E-state index in [1.54, 1.807) is 34.9 Å². The Morgan fingerprint density at radius 2 is 2.07 bits per heavy atom. The number of fused-ring (bicyclic) bond motifs is 1. The second-order valence-corrected chi connectivity index (χ2v) is 7.91. The lowest BCUT2D eigenvalue weighted by Crippen LogP contribution is -2.36. The van der Waals surface area contributed by atoms with Gasteiger partial charge in [0.15, 0.2) is 0 Å². The third-order valence-corrected chi connectivity index (χ3v) is 5.84. The normalized spacial score (nSPS) is 20.6. The minimum absolute atomic E-state index is 0.0152. The fourth-order valence-electron chi connectivity index (χ4n) is 4.10. The van der Waals surface area contributed by atoms with Gasteiger partial charge < -0.3 is 24.5 Å². The number of ether oxygens (including phenoxy) is 3. The molecule has 0 aliphatic carbocycles. The van der Waals surface area contributed by atoms with Crippen LogP contribution in [-0.4, -0.2) is 30.4 Å². The quantitative estimate of drug-likeness (QED) is 0.750. The van der Waals surface area contributed by atoms with E-state index >= 15 is 0 Å². The van der Waals surface area contributed by atoms with Gasteiger partial charge in [-0.05, 0) is 37.5 Å². The van der Waals surface area contributed by atoms with Crippen LogP contribution >= 0.6 is 11.6 Å². The number of aryl methyl sites for hydroxylation is 1. The van der Waals surface area contributed by atoms with Gasteiger partial charge in [-0.15, -0.1) is 0 Å². The molecule has 158 valence electrons. The number of nitrogens with zero attached hydrogens (tertiary/aromatic N) is 1. The summed E-state index contributed by atoms with van der Waals surface area (Å²) in [5.41, 5.74) is 7.72. The maximum atomic E-state index is 13.6. The number of rotatable bonds is 4. The molecule has 0 unspecified atom stereocenters. The van der Waals surface area contributed by atoms with Crippen LogP contribution in [0, 0.1) is 6.92 Å². The largest absolute Gasteiger partial charge is 0.465 e. The lowest BCUT2D eigenvalue weighted by atomic mass is 9.83. The number of benzene rings is 1. The molecule has 0 radical (unpaired) electrons. The molecule has 0 spiro atoms. The predicted octanol–water partition coefficient (Wildman–Crippen LogP) is 2.86. The molecule has 2 aliphatic rings. The van der Waals surface area contributed by atoms with E-state index < -0.39 is 11.9 Å². The van der Waals surface area contributed by atoms with Crippen LogP contribution in [0.1, 0.15) is 35.6 Å². The van der Waals surface area contributed by atoms with Crippen molar-refractivity contribution in [1.82, 2.24) is 4.57 Å². The van der Waals surface area contributed by atoms with Crippen molar-refractivity contribution in [3.05, 3.63) is 74.0 Å². The summed E-state index contributed by atoms with van der Waals surface area (Å²) in [4.78, 5) is 26.2. The van der Waals surface area contributed by atoms with Gasteiger partial charge in [0, 0.05) is 23.4 Å². The molecule has 1 saturated heterocycles. The standard InChI is InChI=1S/C22H23ClN2O5/c1-12-10-16-18(21(26)25(12)11-15-4-3-9-29-15)17(13-5-7-14(23)8-6-13)19(20(24)30-16)22(27)28-2/h5-8,10,15,17H,3-4,9,11,24H2,1-2H3/t15-,17-/m0/s1. The highest BCUT2D eigenvalue weighted by Gasteiger charge is 2.38. The number of hydrogen-bond acceptors (Lipinski definition) is 6. The molecule has 7 nitrogen and oxygen atoms in total. The lowest BCUT2D eigenvalue weighted by Gasteiger charge is -2.29. The Bertz CT molecular complexity index is 1070. The molecule has 0 bridgehead atoms. The highest BCUT2D eigenvalue weighted by Crippen LogP contribution is 2.41. The van der Waals surface area contributed by atoms with E-state index in [2.05, 4.69) is 0 Å². The van der Waals surface area contributed by atoms with Gasteiger partial charge >= 0.3 is 5.97 Å². The van der Waals surface area contributed by atoms with E-state index in [4.69, 9.17) is 31.5 Å². The zero-order valence-corrected chi connectivity index (χ0v) is 17.6. The highest BCUT2D eigenvalue weighted by molar-refractivity contribution is 6.30. The van der Waals surface area contributed by atoms with Gasteiger partial charge in [0.1, 0.15) is 11.3 Å². The van der Waals surface area contributed by atoms with Crippen molar-refractivity contribution in [2.24, 2.45) is 5.73 Å². The zero-order chi connectivity index (χ0) is 21.4. The van der Waals surface area contributed by atoms with Crippen LogP contribution in [0.15, 0.2) is 46.6 Å². The number of nitrogens with two attached hydrogens (primary N) is 1. The van der Waals surface area contributed by atoms with Crippen molar-refractivity contribution in [1.29, 1.82) is 0 Å². The summed E-state index contributed by atoms with van der Waals surface area (Å²) in [6.45, 7) is 2.98. The highest BCUT2D eigenvalue weighted by atomic mass is 35.5. The molecule has 2 aromatic rings. The molecule has 2 aliphatic heterocycles. The summed E-state index contributed by atoms with van der Waals surface area (Å²) in [5, 5.41) is 0.544. The third kappa shape index (κ3) is 3.59. The van der Waals surface area contributed by atoms with E-state index in [1.165, 1.54) is 7.11 Å². The Morgan fingerprint density at radius 1 is 1.33 bits per heavy atom. The van der Waals surface area contributed by atoms with Gasteiger partial charge in [-0.3, -0.25) is 4.79 Å². The summed E-state index contributed by atoms with van der Waals surface area (Å²) < 4.78 is 18.1. The van der Waals surface area contributed by atoms with Crippen molar-refractivity contribution in [3.63, 3.8) is 0 Å². The SMILES string of the molecule is COC(=O)C1=C(N)Oc2cc(C)n(C[C@@H]3CCCO3)c(=O)c2[C@@H]1c1ccc(Cl)cc1. The van der Waals surface area contributed by atoms with Crippen molar-refractivity contribution in [3.8, 4) is 5.75 Å². The summed E-state index contributed by atoms with van der Waals surface area (Å²) in [7, 11) is 1.27. The van der Waals surface area contributed by atoms with Crippen LogP contribution < -0.4 is 16.0 Å². The van der Waals surface area contributed by atoms with Crippen molar-refractivity contribution >= 4 is 17.6 Å². The maximum Gasteiger partial charge on any atom is 0.340 e. The van der Waals surface area contributed by atoms with Gasteiger partial charge in [0.25, 0.3) is 5.56 Å². The molecule has 0 saturated carbocycles. The van der Waals surface area contributed by atoms with E-state index in [-0.39, 0.29) is 23.1 Å². The first-order valence-corrected chi connectivity index (χ1v) is 10.2. The van der Waals surface area contributed by atoms with E-state index in [0.29, 0.717) is 35.1 Å². The number of halogens is 1. The average Bonchev–Trinajstić information content (AvgIpc) is 3.23. The second-order valence-electron chi connectivity index (χ2n) is 7.47. The molecule has 1 aromatic carbocycles. The Morgan fingerprint density at radius 3 is 2.70 bits per heavy atom. The number of methoxy groups -OCH3 is 1. The Labute approximate surface area is 179 Å². The minimum Gasteiger partial charge on any atom is -0.465 e. The monoisotopic (exact) mass is 430 g/mol. The van der Waals surface area contributed by atoms with E-state index in [0.717, 1.165) is 18.5 Å². The van der Waals surface area contributed by atoms with Crippen LogP contribution in [0.2, 0.25) is 5.02 Å². The van der Waals surface area contributed by atoms with Crippen molar-refractivity contribution in [2.45, 2.75) is 38.3 Å². The maximum absolute atomic E-state index is 13.6. The number of carbonyl (C=O) groups excluding carboxylic acids is 1. The van der Waals surface area contributed by atoms with Crippen LogP contribution in [-0.2, 0) is 20.8 Å². The lowest BCUT2D eigenvalue weighted by molar-refractivity contribution is -0.136. The van der Waals surface area contributed by atoms with Crippen LogP contribution in [0.3, 0.4) is 0 Å². The predicted molar refractivity (Wildman–Crippen MR) is 112 cm³/mol. The van der Waals surface area contributed by atoms with Crippen LogP contribution in [0.4, 0.5) is 0 Å². The molecule has 8 heteroatoms. The number of esters is 1. The minimum atomic E-state index is -0.734. The Hall–Kier alpha value is -2.77. The van der Waals surface area contributed by atoms with Gasteiger partial charge in [-0.2, -0.15) is 0 Å². The molecule has 2 atom stereocenters. The Kier molecular flexibility index (Phi) is 5.58. The molecule has 4 rings (SSSR count). The smallest absolute Gasteiger partial charge is 0.340 e. The molecule has 2 N–H and O–H groups in total. The van der Waals surface area contributed by atoms with Gasteiger partial charge in [0.2, 0.25) is 5.88 Å². The zero-order valence-electron chi connectivity index (χ0n) is 16.8. The summed E-state index contributed by atoms with van der Waals surface area (Å²) >= 11 is 6.05. The first-order chi connectivity index (χ1) is 14.4. The van der Waals surface area contributed by atoms with Crippen LogP contribution in [0.5, 0.6) is 5.75 Å². The molecular weight excluding hydrogens is 408 g/mol. The van der Waals surface area contributed by atoms with Crippen molar-refractivity contribution in [2.75, 3.05) is 13.7 Å². The topological polar surface area (TPSA) is 92.8 Å². The summed E-state index contributed by atoms with van der Waals surface area (Å²) in [6, 6.07) is 8.71. The number of aromatic nitrogens is 1. The molecule has 1 aromatic heterocycles. The molecular formula is C22H23ClN2O5. The summed E-state index contributed by atoms with van der Waals surface area (Å²) in [5.74, 6) is -1.12. The van der Waals surface area contributed by atoms with E-state index in [1.807, 2.05) is 6.92 Å². The molecule has 30 heavy (non-hydrogen) atoms. The molecule has 0 amide bonds. The summed E-state index contributed by atoms with van der Waals surface area (Å²) in [6.07, 6.45) is 1.87. The van der Waals surface area contributed by atoms with Crippen LogP contribution in [0.25, 0.3) is 0 Å². The second kappa shape index (κ2) is 8.16. The fraction of sp³-hybridized carbons (Fsp3) is 0.364. The Balaban J connectivity index is 1.91.